The third-order valence-corrected chi connectivity index (χ3v) is 9.39. The first-order chi connectivity index (χ1) is 21.6. The molecule has 0 aliphatic carbocycles. The summed E-state index contributed by atoms with van der Waals surface area (Å²) in [5, 5.41) is 3.56. The van der Waals surface area contributed by atoms with Crippen LogP contribution >= 0.6 is 23.2 Å². The molecule has 4 aromatic carbocycles. The molecule has 0 radical (unpaired) electrons. The largest absolute Gasteiger partial charge is 0.493 e. The molecule has 4 rings (SSSR count). The highest BCUT2D eigenvalue weighted by Crippen LogP contribution is 2.33. The highest BCUT2D eigenvalue weighted by Gasteiger charge is 2.34. The minimum atomic E-state index is -4.35. The standard InChI is InChI=1S/C33H33Cl2N3O6S/c1-36-33(40)29(19-23-7-5-4-6-8-23)37(21-24-9-11-25(34)12-10-24)32(39)22-38(27-15-13-26(35)14-16-27)45(41,42)28-17-18-30(43-2)31(20-28)44-3/h4-18,20,29H,19,21-22H2,1-3H3,(H,36,40). The van der Waals surface area contributed by atoms with Crippen LogP contribution in [0.3, 0.4) is 0 Å². The number of sulfonamides is 1. The molecule has 0 bridgehead atoms. The molecular weight excluding hydrogens is 637 g/mol. The lowest BCUT2D eigenvalue weighted by Gasteiger charge is -2.33. The number of nitrogens with zero attached hydrogens (tertiary/aromatic N) is 2. The number of anilines is 1. The Kier molecular flexibility index (Phi) is 11.3. The molecule has 0 spiro atoms. The summed E-state index contributed by atoms with van der Waals surface area (Å²) in [6.45, 7) is -0.597. The van der Waals surface area contributed by atoms with Gasteiger partial charge in [0.15, 0.2) is 11.5 Å². The molecule has 0 aliphatic rings. The Morgan fingerprint density at radius 2 is 1.40 bits per heavy atom. The fourth-order valence-corrected chi connectivity index (χ4v) is 6.43. The first-order valence-electron chi connectivity index (χ1n) is 13.9. The molecule has 1 unspecified atom stereocenters. The van der Waals surface area contributed by atoms with Gasteiger partial charge in [0.25, 0.3) is 10.0 Å². The molecule has 236 valence electrons. The summed E-state index contributed by atoms with van der Waals surface area (Å²) >= 11 is 12.2. The number of benzene rings is 4. The van der Waals surface area contributed by atoms with Crippen LogP contribution in [0.1, 0.15) is 11.1 Å². The Morgan fingerprint density at radius 3 is 1.98 bits per heavy atom. The lowest BCUT2D eigenvalue weighted by Crippen LogP contribution is -2.53. The molecule has 0 heterocycles. The number of nitrogens with one attached hydrogen (secondary N) is 1. The van der Waals surface area contributed by atoms with Gasteiger partial charge >= 0.3 is 0 Å². The van der Waals surface area contributed by atoms with Crippen LogP contribution in [0.25, 0.3) is 0 Å². The lowest BCUT2D eigenvalue weighted by atomic mass is 10.0. The second kappa shape index (κ2) is 15.2. The van der Waals surface area contributed by atoms with Gasteiger partial charge in [0.2, 0.25) is 11.8 Å². The predicted molar refractivity (Wildman–Crippen MR) is 176 cm³/mol. The maximum absolute atomic E-state index is 14.4. The van der Waals surface area contributed by atoms with Crippen molar-refractivity contribution in [2.75, 3.05) is 32.1 Å². The Bertz CT molecular complexity index is 1720. The van der Waals surface area contributed by atoms with E-state index in [4.69, 9.17) is 32.7 Å². The van der Waals surface area contributed by atoms with Crippen molar-refractivity contribution in [3.63, 3.8) is 0 Å². The van der Waals surface area contributed by atoms with Gasteiger partial charge in [0.1, 0.15) is 12.6 Å². The van der Waals surface area contributed by atoms with Crippen LogP contribution in [-0.4, -0.2) is 59.0 Å². The minimum absolute atomic E-state index is 0.0196. The van der Waals surface area contributed by atoms with Gasteiger partial charge in [-0.2, -0.15) is 0 Å². The second-order valence-electron chi connectivity index (χ2n) is 9.97. The van der Waals surface area contributed by atoms with Crippen LogP contribution in [0, 0.1) is 0 Å². The number of carbonyl (C=O) groups is 2. The van der Waals surface area contributed by atoms with E-state index in [9.17, 15) is 18.0 Å². The highest BCUT2D eigenvalue weighted by atomic mass is 35.5. The first-order valence-corrected chi connectivity index (χ1v) is 16.1. The summed E-state index contributed by atoms with van der Waals surface area (Å²) in [4.78, 5) is 29.0. The van der Waals surface area contributed by atoms with Crippen LogP contribution in [-0.2, 0) is 32.6 Å². The molecule has 4 aromatic rings. The fourth-order valence-electron chi connectivity index (χ4n) is 4.75. The van der Waals surface area contributed by atoms with Crippen LogP contribution in [0.2, 0.25) is 10.0 Å². The van der Waals surface area contributed by atoms with Crippen molar-refractivity contribution in [1.82, 2.24) is 10.2 Å². The summed E-state index contributed by atoms with van der Waals surface area (Å²) in [7, 11) is -0.0193. The van der Waals surface area contributed by atoms with E-state index in [0.717, 1.165) is 9.87 Å². The normalized spacial score (nSPS) is 11.8. The van der Waals surface area contributed by atoms with Gasteiger partial charge < -0.3 is 19.7 Å². The van der Waals surface area contributed by atoms with Gasteiger partial charge in [-0.25, -0.2) is 8.42 Å². The molecule has 0 saturated heterocycles. The van der Waals surface area contributed by atoms with Crippen LogP contribution in [0.15, 0.2) is 102 Å². The van der Waals surface area contributed by atoms with Gasteiger partial charge in [0.05, 0.1) is 24.8 Å². The average Bonchev–Trinajstić information content (AvgIpc) is 3.06. The number of halogens is 2. The Balaban J connectivity index is 1.80. The van der Waals surface area contributed by atoms with Crippen molar-refractivity contribution in [1.29, 1.82) is 0 Å². The van der Waals surface area contributed by atoms with E-state index in [0.29, 0.717) is 21.4 Å². The second-order valence-corrected chi connectivity index (χ2v) is 12.7. The zero-order valence-electron chi connectivity index (χ0n) is 24.9. The summed E-state index contributed by atoms with van der Waals surface area (Å²) in [6, 6.07) is 25.5. The molecule has 1 atom stereocenters. The number of carbonyl (C=O) groups excluding carboxylic acids is 2. The van der Waals surface area contributed by atoms with E-state index in [1.165, 1.54) is 68.6 Å². The molecule has 0 saturated carbocycles. The zero-order valence-corrected chi connectivity index (χ0v) is 27.3. The molecule has 0 fully saturated rings. The topological polar surface area (TPSA) is 105 Å². The monoisotopic (exact) mass is 669 g/mol. The molecular formula is C33H33Cl2N3O6S. The van der Waals surface area contributed by atoms with E-state index < -0.39 is 34.4 Å². The van der Waals surface area contributed by atoms with Crippen molar-refractivity contribution >= 4 is 50.7 Å². The number of ether oxygens (including phenoxy) is 2. The molecule has 9 nitrogen and oxygen atoms in total. The maximum atomic E-state index is 14.4. The number of amides is 2. The van der Waals surface area contributed by atoms with E-state index in [1.807, 2.05) is 30.3 Å². The van der Waals surface area contributed by atoms with Gasteiger partial charge in [-0.05, 0) is 59.7 Å². The lowest BCUT2D eigenvalue weighted by molar-refractivity contribution is -0.139. The van der Waals surface area contributed by atoms with Gasteiger partial charge in [0, 0.05) is 36.1 Å². The van der Waals surface area contributed by atoms with Crippen LogP contribution in [0.5, 0.6) is 11.5 Å². The first kappa shape index (κ1) is 33.6. The molecule has 2 amide bonds. The van der Waals surface area contributed by atoms with Crippen LogP contribution in [0.4, 0.5) is 5.69 Å². The van der Waals surface area contributed by atoms with Gasteiger partial charge in [-0.3, -0.25) is 13.9 Å². The quantitative estimate of drug-likeness (QED) is 0.199. The third-order valence-electron chi connectivity index (χ3n) is 7.12. The number of methoxy groups -OCH3 is 2. The van der Waals surface area contributed by atoms with E-state index in [2.05, 4.69) is 5.32 Å². The smallest absolute Gasteiger partial charge is 0.264 e. The SMILES string of the molecule is CNC(=O)C(Cc1ccccc1)N(Cc1ccc(Cl)cc1)C(=O)CN(c1ccc(Cl)cc1)S(=O)(=O)c1ccc(OC)c(OC)c1. The van der Waals surface area contributed by atoms with Gasteiger partial charge in [-0.1, -0.05) is 65.7 Å². The molecule has 1 N–H and O–H groups in total. The Hall–Kier alpha value is -4.25. The summed E-state index contributed by atoms with van der Waals surface area (Å²) in [5.74, 6) is -0.461. The van der Waals surface area contributed by atoms with Crippen molar-refractivity contribution in [2.45, 2.75) is 23.9 Å². The summed E-state index contributed by atoms with van der Waals surface area (Å²) < 4.78 is 40.1. The summed E-state index contributed by atoms with van der Waals surface area (Å²) in [5.41, 5.74) is 1.73. The molecule has 12 heteroatoms. The number of hydrogen-bond donors (Lipinski definition) is 1. The average molecular weight is 671 g/mol. The predicted octanol–water partition coefficient (Wildman–Crippen LogP) is 5.59. The molecule has 45 heavy (non-hydrogen) atoms. The Morgan fingerprint density at radius 1 is 0.800 bits per heavy atom. The number of likely N-dealkylation sites (N-methyl/N-ethyl adjacent to an activating group) is 1. The van der Waals surface area contributed by atoms with Crippen molar-refractivity contribution < 1.29 is 27.5 Å². The van der Waals surface area contributed by atoms with Gasteiger partial charge in [-0.15, -0.1) is 0 Å². The van der Waals surface area contributed by atoms with E-state index >= 15 is 0 Å². The van der Waals surface area contributed by atoms with E-state index in [1.54, 1.807) is 24.3 Å². The van der Waals surface area contributed by atoms with Crippen LogP contribution < -0.4 is 19.1 Å². The molecule has 0 aliphatic heterocycles. The van der Waals surface area contributed by atoms with E-state index in [-0.39, 0.29) is 29.3 Å². The highest BCUT2D eigenvalue weighted by molar-refractivity contribution is 7.92. The summed E-state index contributed by atoms with van der Waals surface area (Å²) in [6.07, 6.45) is 0.198. The maximum Gasteiger partial charge on any atom is 0.264 e. The van der Waals surface area contributed by atoms with Crippen molar-refractivity contribution in [2.24, 2.45) is 0 Å². The van der Waals surface area contributed by atoms with Crippen molar-refractivity contribution in [3.05, 3.63) is 118 Å². The number of rotatable bonds is 13. The molecule has 0 aromatic heterocycles. The number of hydrogen-bond acceptors (Lipinski definition) is 6. The Labute approximate surface area is 273 Å². The fraction of sp³-hybridized carbons (Fsp3) is 0.212. The third kappa shape index (κ3) is 8.27. The van der Waals surface area contributed by atoms with Crippen molar-refractivity contribution in [3.8, 4) is 11.5 Å². The minimum Gasteiger partial charge on any atom is -0.493 e. The zero-order chi connectivity index (χ0) is 32.6.